The zero-order valence-corrected chi connectivity index (χ0v) is 20.4. The maximum atomic E-state index is 12.5. The first-order valence-electron chi connectivity index (χ1n) is 8.54. The van der Waals surface area contributed by atoms with Gasteiger partial charge in [0.15, 0.2) is 0 Å². The average molecular weight is 554 g/mol. The fraction of sp³-hybridized carbons (Fsp3) is 0.444. The zero-order valence-electron chi connectivity index (χ0n) is 14.8. The highest BCUT2D eigenvalue weighted by Crippen LogP contribution is 2.51. The number of carboxylic acid groups (broad SMARTS) is 1. The van der Waals surface area contributed by atoms with Gasteiger partial charge in [-0.3, -0.25) is 0 Å². The van der Waals surface area contributed by atoms with Crippen molar-refractivity contribution in [3.05, 3.63) is 18.0 Å². The molecule has 9 heteroatoms. The molecule has 0 saturated heterocycles. The molecule has 0 radical (unpaired) electrons. The first-order chi connectivity index (χ1) is 12.8. The highest BCUT2D eigenvalue weighted by Gasteiger charge is 2.29. The third kappa shape index (κ3) is 4.42. The van der Waals surface area contributed by atoms with Crippen LogP contribution in [0.4, 0.5) is 0 Å². The summed E-state index contributed by atoms with van der Waals surface area (Å²) in [5.41, 5.74) is 0.0600. The second-order valence-corrected chi connectivity index (χ2v) is 12.3. The number of unbranched alkanes of at least 4 members (excludes halogenated alkanes) is 2. The Bertz CT molecular complexity index is 1000. The van der Waals surface area contributed by atoms with Gasteiger partial charge in [0.25, 0.3) is 0 Å². The minimum Gasteiger partial charge on any atom is -0.478 e. The summed E-state index contributed by atoms with van der Waals surface area (Å²) in [5.74, 6) is -0.953. The van der Waals surface area contributed by atoms with Crippen LogP contribution in [-0.4, -0.2) is 23.7 Å². The largest absolute Gasteiger partial charge is 0.478 e. The molecule has 0 saturated carbocycles. The van der Waals surface area contributed by atoms with Crippen LogP contribution in [0.1, 0.15) is 59.6 Å². The third-order valence-corrected chi connectivity index (χ3v) is 9.60. The number of halogens is 2. The van der Waals surface area contributed by atoms with E-state index in [-0.39, 0.29) is 10.4 Å². The van der Waals surface area contributed by atoms with Gasteiger partial charge >= 0.3 is 11.9 Å². The van der Waals surface area contributed by atoms with Crippen molar-refractivity contribution in [1.29, 1.82) is 0 Å². The van der Waals surface area contributed by atoms with Crippen molar-refractivity contribution < 1.29 is 19.4 Å². The van der Waals surface area contributed by atoms with Crippen molar-refractivity contribution in [3.8, 4) is 0 Å². The van der Waals surface area contributed by atoms with Crippen molar-refractivity contribution in [2.24, 2.45) is 5.92 Å². The summed E-state index contributed by atoms with van der Waals surface area (Å²) in [6.07, 6.45) is 4.09. The standard InChI is InChI=1S/C18H18Br2O4S3/c1-8(2)6-4-3-5-7-24-18(23)14-10(17(21)22)12-11(26-14)9-13(25-12)16(20)27-15(9)19/h8H,3-7H2,1-2H3,(H,21,22). The summed E-state index contributed by atoms with van der Waals surface area (Å²) in [5, 5.41) is 10.6. The van der Waals surface area contributed by atoms with Gasteiger partial charge < -0.3 is 9.84 Å². The van der Waals surface area contributed by atoms with Crippen molar-refractivity contribution in [1.82, 2.24) is 0 Å². The van der Waals surface area contributed by atoms with Gasteiger partial charge in [0.05, 0.1) is 28.3 Å². The maximum absolute atomic E-state index is 12.5. The Balaban J connectivity index is 1.80. The number of thiophene rings is 3. The Morgan fingerprint density at radius 3 is 2.41 bits per heavy atom. The van der Waals surface area contributed by atoms with Crippen LogP contribution in [0.3, 0.4) is 0 Å². The summed E-state index contributed by atoms with van der Waals surface area (Å²) >= 11 is 11.2. The minimum atomic E-state index is -1.09. The summed E-state index contributed by atoms with van der Waals surface area (Å²) < 4.78 is 9.71. The fourth-order valence-corrected chi connectivity index (χ4v) is 9.18. The first-order valence-corrected chi connectivity index (χ1v) is 12.6. The number of carbonyl (C=O) groups is 2. The van der Waals surface area contributed by atoms with Crippen LogP contribution in [0.5, 0.6) is 0 Å². The van der Waals surface area contributed by atoms with Crippen molar-refractivity contribution in [2.75, 3.05) is 6.61 Å². The third-order valence-electron chi connectivity index (χ3n) is 4.14. The molecule has 1 N–H and O–H groups in total. The van der Waals surface area contributed by atoms with E-state index >= 15 is 0 Å². The lowest BCUT2D eigenvalue weighted by Crippen LogP contribution is -2.09. The van der Waals surface area contributed by atoms with E-state index < -0.39 is 11.9 Å². The van der Waals surface area contributed by atoms with E-state index in [2.05, 4.69) is 45.7 Å². The van der Waals surface area contributed by atoms with Crippen LogP contribution in [-0.2, 0) is 4.74 Å². The predicted molar refractivity (Wildman–Crippen MR) is 121 cm³/mol. The number of fused-ring (bicyclic) bond motifs is 3. The lowest BCUT2D eigenvalue weighted by atomic mass is 10.1. The van der Waals surface area contributed by atoms with Crippen molar-refractivity contribution in [3.63, 3.8) is 0 Å². The number of carbonyl (C=O) groups excluding carboxylic acids is 1. The topological polar surface area (TPSA) is 63.6 Å². The van der Waals surface area contributed by atoms with Crippen LogP contribution in [0, 0.1) is 5.92 Å². The smallest absolute Gasteiger partial charge is 0.349 e. The Morgan fingerprint density at radius 1 is 1.00 bits per heavy atom. The number of rotatable bonds is 8. The second kappa shape index (κ2) is 8.90. The van der Waals surface area contributed by atoms with Gasteiger partial charge in [-0.25, -0.2) is 9.59 Å². The van der Waals surface area contributed by atoms with Gasteiger partial charge in [0.1, 0.15) is 10.4 Å². The summed E-state index contributed by atoms with van der Waals surface area (Å²) in [4.78, 5) is 24.5. The van der Waals surface area contributed by atoms with Gasteiger partial charge in [-0.1, -0.05) is 33.1 Å². The normalized spacial score (nSPS) is 11.7. The van der Waals surface area contributed by atoms with Gasteiger partial charge in [-0.15, -0.1) is 34.0 Å². The molecule has 0 spiro atoms. The molecule has 0 aliphatic heterocycles. The molecular formula is C18H18Br2O4S3. The number of hydrogen-bond acceptors (Lipinski definition) is 6. The Labute approximate surface area is 185 Å². The van der Waals surface area contributed by atoms with Crippen LogP contribution in [0.2, 0.25) is 0 Å². The average Bonchev–Trinajstić information content (AvgIpc) is 3.20. The predicted octanol–water partition coefficient (Wildman–Crippen LogP) is 7.77. The molecule has 0 unspecified atom stereocenters. The fourth-order valence-electron chi connectivity index (χ4n) is 2.83. The van der Waals surface area contributed by atoms with Crippen LogP contribution >= 0.6 is 65.9 Å². The van der Waals surface area contributed by atoms with Crippen molar-refractivity contribution in [2.45, 2.75) is 39.5 Å². The number of aromatic carboxylic acids is 1. The monoisotopic (exact) mass is 552 g/mol. The van der Waals surface area contributed by atoms with E-state index in [0.717, 1.165) is 41.6 Å². The van der Waals surface area contributed by atoms with Crippen molar-refractivity contribution >= 4 is 97.3 Å². The summed E-state index contributed by atoms with van der Waals surface area (Å²) in [6, 6.07) is 0. The number of hydrogen-bond donors (Lipinski definition) is 1. The quantitative estimate of drug-likeness (QED) is 0.228. The molecule has 0 aromatic carbocycles. The van der Waals surface area contributed by atoms with Gasteiger partial charge in [0.2, 0.25) is 0 Å². The molecular weight excluding hydrogens is 536 g/mol. The molecule has 27 heavy (non-hydrogen) atoms. The maximum Gasteiger partial charge on any atom is 0.349 e. The molecule has 3 rings (SSSR count). The molecule has 146 valence electrons. The first kappa shape index (κ1) is 21.2. The second-order valence-electron chi connectivity index (χ2n) is 6.60. The lowest BCUT2D eigenvalue weighted by Gasteiger charge is -2.06. The SMILES string of the molecule is CC(C)CCCCCOC(=O)c1sc2c(sc3c(Br)sc(Br)c32)c1C(=O)O. The number of ether oxygens (including phenoxy) is 1. The van der Waals surface area contributed by atoms with Crippen LogP contribution < -0.4 is 0 Å². The van der Waals surface area contributed by atoms with Crippen LogP contribution in [0.15, 0.2) is 7.57 Å². The zero-order chi connectivity index (χ0) is 19.7. The summed E-state index contributed by atoms with van der Waals surface area (Å²) in [7, 11) is 0. The Morgan fingerprint density at radius 2 is 1.74 bits per heavy atom. The molecule has 0 amide bonds. The van der Waals surface area contributed by atoms with E-state index in [9.17, 15) is 14.7 Å². The minimum absolute atomic E-state index is 0.0600. The number of carboxylic acids is 1. The van der Waals surface area contributed by atoms with Gasteiger partial charge in [-0.05, 0) is 44.2 Å². The Hall–Kier alpha value is -0.480. The van der Waals surface area contributed by atoms with Gasteiger partial charge in [-0.2, -0.15) is 0 Å². The summed E-state index contributed by atoms with van der Waals surface area (Å²) in [6.45, 7) is 4.71. The molecule has 3 heterocycles. The number of esters is 1. The van der Waals surface area contributed by atoms with Gasteiger partial charge in [0, 0.05) is 5.39 Å². The van der Waals surface area contributed by atoms with E-state index in [1.54, 1.807) is 11.3 Å². The highest BCUT2D eigenvalue weighted by atomic mass is 79.9. The van der Waals surface area contributed by atoms with Crippen LogP contribution in [0.25, 0.3) is 19.5 Å². The van der Waals surface area contributed by atoms with E-state index in [0.29, 0.717) is 17.2 Å². The van der Waals surface area contributed by atoms with E-state index in [4.69, 9.17) is 4.74 Å². The Kier molecular flexibility index (Phi) is 7.00. The molecule has 3 aromatic heterocycles. The van der Waals surface area contributed by atoms with E-state index in [1.165, 1.54) is 29.1 Å². The molecule has 4 nitrogen and oxygen atoms in total. The molecule has 0 bridgehead atoms. The molecule has 3 aromatic rings. The lowest BCUT2D eigenvalue weighted by molar-refractivity contribution is 0.0494. The molecule has 0 fully saturated rings. The van der Waals surface area contributed by atoms with E-state index in [1.807, 2.05) is 0 Å². The molecule has 0 aliphatic carbocycles. The molecule has 0 aliphatic rings. The molecule has 0 atom stereocenters. The highest BCUT2D eigenvalue weighted by molar-refractivity contribution is 9.12.